The summed E-state index contributed by atoms with van der Waals surface area (Å²) in [6.45, 7) is 10.9. The van der Waals surface area contributed by atoms with Crippen molar-refractivity contribution >= 4 is 17.3 Å². The third-order valence-corrected chi connectivity index (χ3v) is 5.58. The number of piperazine rings is 1. The first-order chi connectivity index (χ1) is 12.3. The maximum Gasteiger partial charge on any atom is 0.194 e. The highest BCUT2D eigenvalue weighted by molar-refractivity contribution is 7.09. The Balaban J connectivity index is 1.47. The van der Waals surface area contributed by atoms with Gasteiger partial charge in [-0.2, -0.15) is 0 Å². The van der Waals surface area contributed by atoms with Crippen LogP contribution in [0.2, 0.25) is 0 Å². The van der Waals surface area contributed by atoms with E-state index in [9.17, 15) is 0 Å². The van der Waals surface area contributed by atoms with Crippen LogP contribution in [0.1, 0.15) is 24.6 Å². The average Bonchev–Trinajstić information content (AvgIpc) is 3.16. The lowest BCUT2D eigenvalue weighted by Crippen LogP contribution is -2.52. The molecule has 0 aliphatic carbocycles. The largest absolute Gasteiger partial charge is 0.377 e. The number of aliphatic imine (C=N–C) groups is 1. The molecule has 3 rings (SSSR count). The minimum atomic E-state index is 0.769. The maximum absolute atomic E-state index is 5.37. The third kappa shape index (κ3) is 5.83. The van der Waals surface area contributed by atoms with Crippen LogP contribution in [-0.2, 0) is 11.3 Å². The summed E-state index contributed by atoms with van der Waals surface area (Å²) in [7, 11) is 0. The molecule has 1 fully saturated rings. The zero-order valence-electron chi connectivity index (χ0n) is 15.2. The van der Waals surface area contributed by atoms with E-state index in [0.717, 1.165) is 77.8 Å². The summed E-state index contributed by atoms with van der Waals surface area (Å²) >= 11 is 1.85. The SMILES string of the molecule is CCNC(=NCCC1=CCOCC1)N1CCN(Cc2cccs2)CC1. The number of hydrogen-bond donors (Lipinski definition) is 1. The molecule has 0 saturated carbocycles. The van der Waals surface area contributed by atoms with E-state index in [2.05, 4.69) is 45.6 Å². The molecule has 3 heterocycles. The highest BCUT2D eigenvalue weighted by Gasteiger charge is 2.19. The molecule has 0 unspecified atom stereocenters. The number of rotatable bonds is 6. The standard InChI is InChI=1S/C19H30N4OS/c1-2-20-19(21-8-5-17-6-13-24-14-7-17)23-11-9-22(10-12-23)16-18-4-3-15-25-18/h3-4,6,15H,2,5,7-14,16H2,1H3,(H,20,21). The number of nitrogens with zero attached hydrogens (tertiary/aromatic N) is 3. The lowest BCUT2D eigenvalue weighted by Gasteiger charge is -2.36. The summed E-state index contributed by atoms with van der Waals surface area (Å²) in [5.74, 6) is 1.07. The zero-order valence-corrected chi connectivity index (χ0v) is 16.1. The molecule has 25 heavy (non-hydrogen) atoms. The molecule has 6 heteroatoms. The molecule has 0 aromatic carbocycles. The van der Waals surface area contributed by atoms with Gasteiger partial charge in [-0.15, -0.1) is 11.3 Å². The summed E-state index contributed by atoms with van der Waals surface area (Å²) in [6.07, 6.45) is 4.33. The van der Waals surface area contributed by atoms with E-state index in [1.54, 1.807) is 0 Å². The van der Waals surface area contributed by atoms with Crippen molar-refractivity contribution in [2.24, 2.45) is 4.99 Å². The molecule has 1 aromatic rings. The molecule has 0 bridgehead atoms. The fourth-order valence-electron chi connectivity index (χ4n) is 3.26. The molecule has 2 aliphatic rings. The van der Waals surface area contributed by atoms with Crippen LogP contribution in [0, 0.1) is 0 Å². The minimum Gasteiger partial charge on any atom is -0.377 e. The van der Waals surface area contributed by atoms with E-state index in [1.807, 2.05) is 11.3 Å². The quantitative estimate of drug-likeness (QED) is 0.480. The number of guanidine groups is 1. The lowest BCUT2D eigenvalue weighted by molar-refractivity contribution is 0.153. The Kier molecular flexibility index (Phi) is 7.33. The van der Waals surface area contributed by atoms with Gasteiger partial charge in [-0.05, 0) is 31.2 Å². The van der Waals surface area contributed by atoms with Gasteiger partial charge in [0.2, 0.25) is 0 Å². The van der Waals surface area contributed by atoms with Crippen molar-refractivity contribution in [3.63, 3.8) is 0 Å². The van der Waals surface area contributed by atoms with Crippen LogP contribution in [-0.4, -0.2) is 68.2 Å². The van der Waals surface area contributed by atoms with Gasteiger partial charge in [-0.3, -0.25) is 9.89 Å². The lowest BCUT2D eigenvalue weighted by atomic mass is 10.1. The summed E-state index contributed by atoms with van der Waals surface area (Å²) in [5.41, 5.74) is 1.49. The van der Waals surface area contributed by atoms with Gasteiger partial charge in [0.25, 0.3) is 0 Å². The Morgan fingerprint density at radius 2 is 2.20 bits per heavy atom. The molecule has 0 atom stereocenters. The average molecular weight is 363 g/mol. The Morgan fingerprint density at radius 3 is 2.88 bits per heavy atom. The highest BCUT2D eigenvalue weighted by Crippen LogP contribution is 2.14. The first-order valence-electron chi connectivity index (χ1n) is 9.39. The van der Waals surface area contributed by atoms with Gasteiger partial charge >= 0.3 is 0 Å². The molecule has 0 radical (unpaired) electrons. The fourth-order valence-corrected chi connectivity index (χ4v) is 4.01. The van der Waals surface area contributed by atoms with E-state index in [1.165, 1.54) is 10.5 Å². The van der Waals surface area contributed by atoms with Gasteiger partial charge in [0.1, 0.15) is 0 Å². The Hall–Kier alpha value is -1.37. The summed E-state index contributed by atoms with van der Waals surface area (Å²) in [5, 5.41) is 5.63. The van der Waals surface area contributed by atoms with E-state index in [-0.39, 0.29) is 0 Å². The maximum atomic E-state index is 5.37. The Bertz CT molecular complexity index is 562. The number of hydrogen-bond acceptors (Lipinski definition) is 4. The number of ether oxygens (including phenoxy) is 1. The van der Waals surface area contributed by atoms with Gasteiger partial charge in [0, 0.05) is 50.7 Å². The van der Waals surface area contributed by atoms with Crippen molar-refractivity contribution in [1.82, 2.24) is 15.1 Å². The molecule has 1 aromatic heterocycles. The normalized spacial score (nSPS) is 19.8. The van der Waals surface area contributed by atoms with E-state index in [0.29, 0.717) is 0 Å². The van der Waals surface area contributed by atoms with Crippen molar-refractivity contribution in [2.75, 3.05) is 52.5 Å². The predicted molar refractivity (Wildman–Crippen MR) is 105 cm³/mol. The van der Waals surface area contributed by atoms with Crippen molar-refractivity contribution < 1.29 is 4.74 Å². The number of thiophene rings is 1. The monoisotopic (exact) mass is 362 g/mol. The topological polar surface area (TPSA) is 40.1 Å². The van der Waals surface area contributed by atoms with Crippen LogP contribution in [0.5, 0.6) is 0 Å². The van der Waals surface area contributed by atoms with E-state index < -0.39 is 0 Å². The van der Waals surface area contributed by atoms with Gasteiger partial charge in [0.15, 0.2) is 5.96 Å². The Morgan fingerprint density at radius 1 is 1.32 bits per heavy atom. The molecule has 1 N–H and O–H groups in total. The highest BCUT2D eigenvalue weighted by atomic mass is 32.1. The molecule has 1 saturated heterocycles. The summed E-state index contributed by atoms with van der Waals surface area (Å²) < 4.78 is 5.37. The van der Waals surface area contributed by atoms with Crippen LogP contribution in [0.4, 0.5) is 0 Å². The predicted octanol–water partition coefficient (Wildman–Crippen LogP) is 2.57. The molecule has 0 amide bonds. The van der Waals surface area contributed by atoms with Crippen molar-refractivity contribution in [2.45, 2.75) is 26.3 Å². The van der Waals surface area contributed by atoms with Crippen LogP contribution in [0.3, 0.4) is 0 Å². The van der Waals surface area contributed by atoms with Crippen LogP contribution in [0.15, 0.2) is 34.2 Å². The van der Waals surface area contributed by atoms with Crippen LogP contribution in [0.25, 0.3) is 0 Å². The van der Waals surface area contributed by atoms with E-state index >= 15 is 0 Å². The molecule has 2 aliphatic heterocycles. The van der Waals surface area contributed by atoms with Crippen molar-refractivity contribution in [3.05, 3.63) is 34.0 Å². The van der Waals surface area contributed by atoms with Gasteiger partial charge < -0.3 is 15.0 Å². The minimum absolute atomic E-state index is 0.769. The smallest absolute Gasteiger partial charge is 0.194 e. The first kappa shape index (κ1) is 18.4. The van der Waals surface area contributed by atoms with Gasteiger partial charge in [-0.1, -0.05) is 17.7 Å². The molecule has 0 spiro atoms. The van der Waals surface area contributed by atoms with Gasteiger partial charge in [-0.25, -0.2) is 0 Å². The molecular formula is C19H30N4OS. The fraction of sp³-hybridized carbons (Fsp3) is 0.632. The second-order valence-electron chi connectivity index (χ2n) is 6.52. The van der Waals surface area contributed by atoms with E-state index in [4.69, 9.17) is 9.73 Å². The first-order valence-corrected chi connectivity index (χ1v) is 10.3. The summed E-state index contributed by atoms with van der Waals surface area (Å²) in [4.78, 5) is 11.3. The van der Waals surface area contributed by atoms with Crippen LogP contribution >= 0.6 is 11.3 Å². The summed E-state index contributed by atoms with van der Waals surface area (Å²) in [6, 6.07) is 4.37. The second kappa shape index (κ2) is 9.94. The van der Waals surface area contributed by atoms with Crippen LogP contribution < -0.4 is 5.32 Å². The van der Waals surface area contributed by atoms with Crippen molar-refractivity contribution in [3.8, 4) is 0 Å². The molecular weight excluding hydrogens is 332 g/mol. The zero-order chi connectivity index (χ0) is 17.3. The van der Waals surface area contributed by atoms with Gasteiger partial charge in [0.05, 0.1) is 13.2 Å². The molecule has 138 valence electrons. The number of nitrogens with one attached hydrogen (secondary N) is 1. The Labute approximate surface area is 155 Å². The third-order valence-electron chi connectivity index (χ3n) is 4.72. The molecule has 5 nitrogen and oxygen atoms in total. The second-order valence-corrected chi connectivity index (χ2v) is 7.55. The van der Waals surface area contributed by atoms with Crippen molar-refractivity contribution in [1.29, 1.82) is 0 Å².